The molecule has 0 aliphatic rings. The normalized spacial score (nSPS) is 10.4. The van der Waals surface area contributed by atoms with E-state index in [4.69, 9.17) is 32.7 Å². The van der Waals surface area contributed by atoms with Gasteiger partial charge in [0.25, 0.3) is 11.8 Å². The Morgan fingerprint density at radius 1 is 0.719 bits per heavy atom. The van der Waals surface area contributed by atoms with E-state index in [0.29, 0.717) is 32.9 Å². The second-order valence-corrected chi connectivity index (χ2v) is 7.95. The van der Waals surface area contributed by atoms with E-state index >= 15 is 0 Å². The number of ether oxygens (including phenoxy) is 2. The number of benzene rings is 3. The molecule has 0 spiro atoms. The van der Waals surface area contributed by atoms with E-state index in [-0.39, 0.29) is 25.0 Å². The van der Waals surface area contributed by atoms with Crippen molar-refractivity contribution in [2.45, 2.75) is 13.8 Å². The summed E-state index contributed by atoms with van der Waals surface area (Å²) in [5.41, 5.74) is 2.73. The molecule has 0 saturated heterocycles. The molecular formula is C24H22Cl2N2O4. The zero-order valence-electron chi connectivity index (χ0n) is 17.6. The third-order valence-electron chi connectivity index (χ3n) is 4.42. The summed E-state index contributed by atoms with van der Waals surface area (Å²) in [5, 5.41) is 6.69. The summed E-state index contributed by atoms with van der Waals surface area (Å²) >= 11 is 11.8. The number of halogens is 2. The molecule has 0 saturated carbocycles. The van der Waals surface area contributed by atoms with Crippen LogP contribution in [0.3, 0.4) is 0 Å². The van der Waals surface area contributed by atoms with Crippen LogP contribution in [0.2, 0.25) is 10.0 Å². The van der Waals surface area contributed by atoms with Gasteiger partial charge in [0.2, 0.25) is 0 Å². The molecule has 0 fully saturated rings. The first-order chi connectivity index (χ1) is 15.3. The minimum atomic E-state index is -0.329. The van der Waals surface area contributed by atoms with Crippen molar-refractivity contribution in [1.82, 2.24) is 0 Å². The first-order valence-electron chi connectivity index (χ1n) is 9.78. The zero-order chi connectivity index (χ0) is 23.1. The van der Waals surface area contributed by atoms with Gasteiger partial charge >= 0.3 is 0 Å². The van der Waals surface area contributed by atoms with E-state index in [9.17, 15) is 9.59 Å². The van der Waals surface area contributed by atoms with Crippen molar-refractivity contribution in [3.8, 4) is 11.5 Å². The summed E-state index contributed by atoms with van der Waals surface area (Å²) in [6, 6.07) is 17.2. The zero-order valence-corrected chi connectivity index (χ0v) is 19.1. The van der Waals surface area contributed by atoms with Crippen molar-refractivity contribution < 1.29 is 19.1 Å². The minimum Gasteiger partial charge on any atom is -0.483 e. The number of carbonyl (C=O) groups excluding carboxylic acids is 2. The predicted octanol–water partition coefficient (Wildman–Crippen LogP) is 5.65. The summed E-state index contributed by atoms with van der Waals surface area (Å²) in [4.78, 5) is 24.5. The number of aryl methyl sites for hydroxylation is 2. The number of hydrogen-bond donors (Lipinski definition) is 2. The molecule has 6 nitrogen and oxygen atoms in total. The minimum absolute atomic E-state index is 0.159. The molecule has 0 aromatic heterocycles. The second kappa shape index (κ2) is 10.9. The average molecular weight is 473 g/mol. The van der Waals surface area contributed by atoms with Crippen LogP contribution >= 0.6 is 23.2 Å². The topological polar surface area (TPSA) is 76.7 Å². The summed E-state index contributed by atoms with van der Waals surface area (Å²) in [5.74, 6) is 0.511. The number of hydrogen-bond acceptors (Lipinski definition) is 4. The Kier molecular flexibility index (Phi) is 7.98. The molecule has 0 radical (unpaired) electrons. The largest absolute Gasteiger partial charge is 0.483 e. The van der Waals surface area contributed by atoms with E-state index in [0.717, 1.165) is 11.1 Å². The fourth-order valence-electron chi connectivity index (χ4n) is 2.90. The van der Waals surface area contributed by atoms with E-state index in [2.05, 4.69) is 10.6 Å². The van der Waals surface area contributed by atoms with Crippen molar-refractivity contribution >= 4 is 46.4 Å². The Hall–Kier alpha value is -3.22. The lowest BCUT2D eigenvalue weighted by Crippen LogP contribution is -2.21. The maximum Gasteiger partial charge on any atom is 0.262 e. The highest BCUT2D eigenvalue weighted by Crippen LogP contribution is 2.23. The van der Waals surface area contributed by atoms with Gasteiger partial charge in [-0.2, -0.15) is 0 Å². The van der Waals surface area contributed by atoms with Crippen molar-refractivity contribution in [1.29, 1.82) is 0 Å². The molecule has 0 aliphatic heterocycles. The van der Waals surface area contributed by atoms with Gasteiger partial charge in [0.05, 0.1) is 0 Å². The van der Waals surface area contributed by atoms with Gasteiger partial charge < -0.3 is 20.1 Å². The Labute approximate surface area is 196 Å². The van der Waals surface area contributed by atoms with E-state index in [1.54, 1.807) is 60.7 Å². The first kappa shape index (κ1) is 23.4. The van der Waals surface area contributed by atoms with Crippen LogP contribution in [0.25, 0.3) is 0 Å². The summed E-state index contributed by atoms with van der Waals surface area (Å²) in [7, 11) is 0. The number of rotatable bonds is 8. The fraction of sp³-hybridized carbons (Fsp3) is 0.167. The number of carbonyl (C=O) groups is 2. The standard InChI is InChI=1S/C24H22Cl2N2O4/c1-15-10-17(25)6-8-21(15)31-13-23(29)27-19-4-3-5-20(12-19)28-24(30)14-32-22-9-7-18(26)11-16(22)2/h3-12H,13-14H2,1-2H3,(H,27,29)(H,28,30). The van der Waals surface area contributed by atoms with Crippen molar-refractivity contribution in [3.63, 3.8) is 0 Å². The van der Waals surface area contributed by atoms with Crippen LogP contribution in [-0.4, -0.2) is 25.0 Å². The molecule has 2 N–H and O–H groups in total. The highest BCUT2D eigenvalue weighted by atomic mass is 35.5. The second-order valence-electron chi connectivity index (χ2n) is 7.07. The highest BCUT2D eigenvalue weighted by Gasteiger charge is 2.09. The molecule has 32 heavy (non-hydrogen) atoms. The molecule has 2 amide bonds. The summed E-state index contributed by atoms with van der Waals surface area (Å²) in [6.45, 7) is 3.38. The predicted molar refractivity (Wildman–Crippen MR) is 127 cm³/mol. The van der Waals surface area contributed by atoms with Crippen molar-refractivity contribution in [2.24, 2.45) is 0 Å². The van der Waals surface area contributed by atoms with Gasteiger partial charge in [-0.15, -0.1) is 0 Å². The quantitative estimate of drug-likeness (QED) is 0.444. The lowest BCUT2D eigenvalue weighted by atomic mass is 10.2. The molecule has 0 heterocycles. The smallest absolute Gasteiger partial charge is 0.262 e. The molecule has 0 aliphatic carbocycles. The number of anilines is 2. The maximum atomic E-state index is 12.2. The fourth-order valence-corrected chi connectivity index (χ4v) is 3.36. The molecule has 8 heteroatoms. The Bertz CT molecular complexity index is 1050. The van der Waals surface area contributed by atoms with E-state index < -0.39 is 0 Å². The van der Waals surface area contributed by atoms with Gasteiger partial charge in [0, 0.05) is 21.4 Å². The van der Waals surface area contributed by atoms with Gasteiger partial charge in [-0.25, -0.2) is 0 Å². The van der Waals surface area contributed by atoms with Crippen LogP contribution in [-0.2, 0) is 9.59 Å². The van der Waals surface area contributed by atoms with Crippen molar-refractivity contribution in [3.05, 3.63) is 81.8 Å². The SMILES string of the molecule is Cc1cc(Cl)ccc1OCC(=O)Nc1cccc(NC(=O)COc2ccc(Cl)cc2C)c1. The summed E-state index contributed by atoms with van der Waals surface area (Å²) < 4.78 is 11.1. The lowest BCUT2D eigenvalue weighted by molar-refractivity contribution is -0.118. The molecule has 0 atom stereocenters. The monoisotopic (exact) mass is 472 g/mol. The Morgan fingerprint density at radius 2 is 1.16 bits per heavy atom. The van der Waals surface area contributed by atoms with Gasteiger partial charge in [0.15, 0.2) is 13.2 Å². The van der Waals surface area contributed by atoms with Crippen LogP contribution in [0.5, 0.6) is 11.5 Å². The molecule has 166 valence electrons. The molecule has 0 unspecified atom stereocenters. The third kappa shape index (κ3) is 6.90. The van der Waals surface area contributed by atoms with Gasteiger partial charge in [0.1, 0.15) is 11.5 Å². The maximum absolute atomic E-state index is 12.2. The van der Waals surface area contributed by atoms with Gasteiger partial charge in [-0.1, -0.05) is 29.3 Å². The molecular weight excluding hydrogens is 451 g/mol. The van der Waals surface area contributed by atoms with Gasteiger partial charge in [-0.3, -0.25) is 9.59 Å². The lowest BCUT2D eigenvalue weighted by Gasteiger charge is -2.12. The number of amides is 2. The van der Waals surface area contributed by atoms with Crippen LogP contribution < -0.4 is 20.1 Å². The van der Waals surface area contributed by atoms with Crippen LogP contribution in [0.4, 0.5) is 11.4 Å². The molecule has 0 bridgehead atoms. The molecule has 3 rings (SSSR count). The van der Waals surface area contributed by atoms with Crippen LogP contribution in [0.1, 0.15) is 11.1 Å². The molecule has 3 aromatic carbocycles. The molecule has 3 aromatic rings. The highest BCUT2D eigenvalue weighted by molar-refractivity contribution is 6.31. The van der Waals surface area contributed by atoms with E-state index in [1.165, 1.54) is 0 Å². The first-order valence-corrected chi connectivity index (χ1v) is 10.5. The summed E-state index contributed by atoms with van der Waals surface area (Å²) in [6.07, 6.45) is 0. The Balaban J connectivity index is 1.50. The average Bonchev–Trinajstić information content (AvgIpc) is 2.73. The van der Waals surface area contributed by atoms with Crippen LogP contribution in [0, 0.1) is 13.8 Å². The van der Waals surface area contributed by atoms with E-state index in [1.807, 2.05) is 13.8 Å². The Morgan fingerprint density at radius 3 is 1.56 bits per heavy atom. The van der Waals surface area contributed by atoms with Crippen molar-refractivity contribution in [2.75, 3.05) is 23.8 Å². The number of nitrogens with one attached hydrogen (secondary N) is 2. The van der Waals surface area contributed by atoms with Crippen LogP contribution in [0.15, 0.2) is 60.7 Å². The third-order valence-corrected chi connectivity index (χ3v) is 4.89. The van der Waals surface area contributed by atoms with Gasteiger partial charge in [-0.05, 0) is 79.6 Å².